The maximum Gasteiger partial charge on any atom is 0.256 e. The zero-order chi connectivity index (χ0) is 14.1. The Labute approximate surface area is 118 Å². The van der Waals surface area contributed by atoms with E-state index in [0.717, 1.165) is 48.4 Å². The van der Waals surface area contributed by atoms with Gasteiger partial charge >= 0.3 is 0 Å². The predicted molar refractivity (Wildman–Crippen MR) is 78.3 cm³/mol. The van der Waals surface area contributed by atoms with E-state index in [9.17, 15) is 4.79 Å². The molecule has 1 aliphatic rings. The minimum absolute atomic E-state index is 0.0950. The fourth-order valence-corrected chi connectivity index (χ4v) is 2.58. The standard InChI is InChI=1S/C15H19N3O2/c1-17-5-7-18(8-6-17)15(19)13-10-16-14-4-3-11(20-2)9-12(13)14/h3-4,9-10,16H,5-8H2,1-2H3. The van der Waals surface area contributed by atoms with Crippen molar-refractivity contribution in [2.75, 3.05) is 40.3 Å². The van der Waals surface area contributed by atoms with Crippen molar-refractivity contribution in [1.82, 2.24) is 14.8 Å². The van der Waals surface area contributed by atoms with Crippen LogP contribution in [0.15, 0.2) is 24.4 Å². The smallest absolute Gasteiger partial charge is 0.256 e. The molecule has 0 saturated carbocycles. The Kier molecular flexibility index (Phi) is 3.36. The summed E-state index contributed by atoms with van der Waals surface area (Å²) in [5, 5.41) is 0.924. The molecular formula is C15H19N3O2. The number of likely N-dealkylation sites (N-methyl/N-ethyl adjacent to an activating group) is 1. The van der Waals surface area contributed by atoms with Crippen LogP contribution in [0.2, 0.25) is 0 Å². The molecule has 5 nitrogen and oxygen atoms in total. The number of fused-ring (bicyclic) bond motifs is 1. The Morgan fingerprint density at radius 1 is 1.25 bits per heavy atom. The molecule has 0 atom stereocenters. The highest BCUT2D eigenvalue weighted by molar-refractivity contribution is 6.07. The van der Waals surface area contributed by atoms with Crippen LogP contribution in [-0.4, -0.2) is 61.0 Å². The molecule has 5 heteroatoms. The maximum absolute atomic E-state index is 12.6. The molecule has 20 heavy (non-hydrogen) atoms. The lowest BCUT2D eigenvalue weighted by Crippen LogP contribution is -2.47. The molecule has 1 amide bonds. The Morgan fingerprint density at radius 3 is 2.70 bits per heavy atom. The number of ether oxygens (including phenoxy) is 1. The molecule has 1 N–H and O–H groups in total. The number of hydrogen-bond donors (Lipinski definition) is 1. The summed E-state index contributed by atoms with van der Waals surface area (Å²) in [6, 6.07) is 5.74. The van der Waals surface area contributed by atoms with Crippen molar-refractivity contribution < 1.29 is 9.53 Å². The van der Waals surface area contributed by atoms with Crippen LogP contribution < -0.4 is 4.74 Å². The second-order valence-corrected chi connectivity index (χ2v) is 5.21. The van der Waals surface area contributed by atoms with E-state index in [1.54, 1.807) is 13.3 Å². The summed E-state index contributed by atoms with van der Waals surface area (Å²) in [7, 11) is 3.72. The summed E-state index contributed by atoms with van der Waals surface area (Å²) >= 11 is 0. The Bertz CT molecular complexity index is 627. The maximum atomic E-state index is 12.6. The van der Waals surface area contributed by atoms with Crippen LogP contribution in [0.4, 0.5) is 0 Å². The third-order valence-electron chi connectivity index (χ3n) is 3.91. The molecule has 106 valence electrons. The van der Waals surface area contributed by atoms with Crippen LogP contribution in [0, 0.1) is 0 Å². The van der Waals surface area contributed by atoms with Gasteiger partial charge < -0.3 is 19.5 Å². The lowest BCUT2D eigenvalue weighted by molar-refractivity contribution is 0.0666. The molecule has 0 radical (unpaired) electrons. The normalized spacial score (nSPS) is 16.6. The Hall–Kier alpha value is -2.01. The molecule has 1 fully saturated rings. The molecule has 0 aliphatic carbocycles. The number of amides is 1. The highest BCUT2D eigenvalue weighted by atomic mass is 16.5. The zero-order valence-electron chi connectivity index (χ0n) is 11.8. The number of nitrogens with one attached hydrogen (secondary N) is 1. The molecule has 2 aromatic rings. The SMILES string of the molecule is COc1ccc2[nH]cc(C(=O)N3CCN(C)CC3)c2c1. The first kappa shape index (κ1) is 13.0. The fraction of sp³-hybridized carbons (Fsp3) is 0.400. The number of nitrogens with zero attached hydrogens (tertiary/aromatic N) is 2. The molecule has 3 rings (SSSR count). The van der Waals surface area contributed by atoms with Crippen LogP contribution in [0.5, 0.6) is 5.75 Å². The lowest BCUT2D eigenvalue weighted by atomic mass is 10.1. The van der Waals surface area contributed by atoms with E-state index >= 15 is 0 Å². The van der Waals surface area contributed by atoms with Gasteiger partial charge in [-0.05, 0) is 25.2 Å². The molecule has 1 aliphatic heterocycles. The number of piperazine rings is 1. The van der Waals surface area contributed by atoms with Gasteiger partial charge in [-0.15, -0.1) is 0 Å². The fourth-order valence-electron chi connectivity index (χ4n) is 2.58. The van der Waals surface area contributed by atoms with Crippen LogP contribution in [0.1, 0.15) is 10.4 Å². The number of carbonyl (C=O) groups is 1. The number of carbonyl (C=O) groups excluding carboxylic acids is 1. The van der Waals surface area contributed by atoms with E-state index in [1.807, 2.05) is 23.1 Å². The summed E-state index contributed by atoms with van der Waals surface area (Å²) in [6.45, 7) is 3.42. The number of aromatic amines is 1. The molecular weight excluding hydrogens is 254 g/mol. The summed E-state index contributed by atoms with van der Waals surface area (Å²) in [6.07, 6.45) is 1.80. The summed E-state index contributed by atoms with van der Waals surface area (Å²) in [4.78, 5) is 19.9. The van der Waals surface area contributed by atoms with Crippen molar-refractivity contribution in [3.05, 3.63) is 30.0 Å². The van der Waals surface area contributed by atoms with Crippen molar-refractivity contribution in [2.24, 2.45) is 0 Å². The number of methoxy groups -OCH3 is 1. The van der Waals surface area contributed by atoms with Gasteiger partial charge in [0.25, 0.3) is 5.91 Å². The number of hydrogen-bond acceptors (Lipinski definition) is 3. The second kappa shape index (κ2) is 5.17. The lowest BCUT2D eigenvalue weighted by Gasteiger charge is -2.32. The van der Waals surface area contributed by atoms with Crippen molar-refractivity contribution in [1.29, 1.82) is 0 Å². The second-order valence-electron chi connectivity index (χ2n) is 5.21. The number of aromatic nitrogens is 1. The quantitative estimate of drug-likeness (QED) is 0.903. The van der Waals surface area contributed by atoms with E-state index in [1.165, 1.54) is 0 Å². The number of H-pyrrole nitrogens is 1. The van der Waals surface area contributed by atoms with E-state index in [4.69, 9.17) is 4.74 Å². The van der Waals surface area contributed by atoms with Gasteiger partial charge in [0, 0.05) is 43.3 Å². The van der Waals surface area contributed by atoms with Crippen LogP contribution in [-0.2, 0) is 0 Å². The van der Waals surface area contributed by atoms with Gasteiger partial charge in [0.15, 0.2) is 0 Å². The molecule has 1 aromatic carbocycles. The number of rotatable bonds is 2. The topological polar surface area (TPSA) is 48.6 Å². The van der Waals surface area contributed by atoms with E-state index in [0.29, 0.717) is 0 Å². The third kappa shape index (κ3) is 2.25. The first-order chi connectivity index (χ1) is 9.69. The van der Waals surface area contributed by atoms with Gasteiger partial charge in [-0.25, -0.2) is 0 Å². The van der Waals surface area contributed by atoms with Gasteiger partial charge in [-0.1, -0.05) is 0 Å². The zero-order valence-corrected chi connectivity index (χ0v) is 11.8. The van der Waals surface area contributed by atoms with Gasteiger partial charge in [0.2, 0.25) is 0 Å². The van der Waals surface area contributed by atoms with E-state index in [2.05, 4.69) is 16.9 Å². The first-order valence-electron chi connectivity index (χ1n) is 6.82. The minimum atomic E-state index is 0.0950. The Balaban J connectivity index is 1.91. The summed E-state index contributed by atoms with van der Waals surface area (Å²) < 4.78 is 5.24. The van der Waals surface area contributed by atoms with Crippen LogP contribution in [0.25, 0.3) is 10.9 Å². The third-order valence-corrected chi connectivity index (χ3v) is 3.91. The molecule has 1 aromatic heterocycles. The minimum Gasteiger partial charge on any atom is -0.497 e. The highest BCUT2D eigenvalue weighted by Gasteiger charge is 2.22. The predicted octanol–water partition coefficient (Wildman–Crippen LogP) is 1.56. The largest absolute Gasteiger partial charge is 0.497 e. The highest BCUT2D eigenvalue weighted by Crippen LogP contribution is 2.24. The molecule has 2 heterocycles. The Morgan fingerprint density at radius 2 is 2.00 bits per heavy atom. The average molecular weight is 273 g/mol. The molecule has 1 saturated heterocycles. The monoisotopic (exact) mass is 273 g/mol. The van der Waals surface area contributed by atoms with Crippen molar-refractivity contribution in [2.45, 2.75) is 0 Å². The molecule has 0 spiro atoms. The van der Waals surface area contributed by atoms with E-state index in [-0.39, 0.29) is 5.91 Å². The van der Waals surface area contributed by atoms with Crippen molar-refractivity contribution in [3.63, 3.8) is 0 Å². The van der Waals surface area contributed by atoms with Gasteiger partial charge in [-0.2, -0.15) is 0 Å². The van der Waals surface area contributed by atoms with Gasteiger partial charge in [0.05, 0.1) is 12.7 Å². The summed E-state index contributed by atoms with van der Waals surface area (Å²) in [5.74, 6) is 0.863. The van der Waals surface area contributed by atoms with Crippen molar-refractivity contribution >= 4 is 16.8 Å². The summed E-state index contributed by atoms with van der Waals surface area (Å²) in [5.41, 5.74) is 1.69. The van der Waals surface area contributed by atoms with E-state index < -0.39 is 0 Å². The van der Waals surface area contributed by atoms with Crippen molar-refractivity contribution in [3.8, 4) is 5.75 Å². The molecule has 0 unspecified atom stereocenters. The number of benzene rings is 1. The average Bonchev–Trinajstić information content (AvgIpc) is 2.90. The van der Waals surface area contributed by atoms with Crippen LogP contribution in [0.3, 0.4) is 0 Å². The van der Waals surface area contributed by atoms with Gasteiger partial charge in [0.1, 0.15) is 5.75 Å². The first-order valence-corrected chi connectivity index (χ1v) is 6.82. The van der Waals surface area contributed by atoms with Gasteiger partial charge in [-0.3, -0.25) is 4.79 Å². The van der Waals surface area contributed by atoms with Crippen LogP contribution >= 0.6 is 0 Å². The molecule has 0 bridgehead atoms.